The van der Waals surface area contributed by atoms with Crippen LogP contribution in [0, 0.1) is 5.92 Å². The summed E-state index contributed by atoms with van der Waals surface area (Å²) in [6.07, 6.45) is 6.31. The molecule has 1 saturated carbocycles. The number of aromatic nitrogens is 2. The first-order valence-electron chi connectivity index (χ1n) is 7.98. The zero-order valence-electron chi connectivity index (χ0n) is 13.3. The summed E-state index contributed by atoms with van der Waals surface area (Å²) in [5.41, 5.74) is 6.73. The second-order valence-electron chi connectivity index (χ2n) is 6.07. The van der Waals surface area contributed by atoms with Crippen LogP contribution in [0.15, 0.2) is 4.47 Å². The third-order valence-corrected chi connectivity index (χ3v) is 5.08. The molecule has 1 aromatic rings. The van der Waals surface area contributed by atoms with Gasteiger partial charge in [0.1, 0.15) is 11.4 Å². The average molecular weight is 356 g/mol. The molecular formula is C16H26BrN3O. The Morgan fingerprint density at radius 1 is 1.38 bits per heavy atom. The van der Waals surface area contributed by atoms with Gasteiger partial charge >= 0.3 is 0 Å². The molecule has 1 aliphatic rings. The van der Waals surface area contributed by atoms with Gasteiger partial charge < -0.3 is 10.5 Å². The van der Waals surface area contributed by atoms with E-state index in [0.29, 0.717) is 18.3 Å². The number of nitrogens with two attached hydrogens (primary N) is 1. The molecule has 0 spiro atoms. The number of aryl methyl sites for hydroxylation is 1. The van der Waals surface area contributed by atoms with E-state index in [9.17, 15) is 0 Å². The summed E-state index contributed by atoms with van der Waals surface area (Å²) in [5, 5.41) is 0. The lowest BCUT2D eigenvalue weighted by Gasteiger charge is -2.38. The molecular weight excluding hydrogens is 330 g/mol. The van der Waals surface area contributed by atoms with Gasteiger partial charge in [-0.05, 0) is 54.5 Å². The van der Waals surface area contributed by atoms with E-state index in [1.165, 1.54) is 6.42 Å². The molecule has 1 aliphatic carbocycles. The summed E-state index contributed by atoms with van der Waals surface area (Å²) in [6.45, 7) is 7.14. The molecule has 118 valence electrons. The van der Waals surface area contributed by atoms with Crippen LogP contribution in [0.3, 0.4) is 0 Å². The number of ether oxygens (including phenoxy) is 1. The normalized spacial score (nSPS) is 26.0. The number of nitrogens with zero attached hydrogens (tertiary/aromatic N) is 2. The van der Waals surface area contributed by atoms with Crippen molar-refractivity contribution in [2.75, 3.05) is 12.3 Å². The van der Waals surface area contributed by atoms with E-state index in [1.807, 2.05) is 6.92 Å². The molecule has 2 unspecified atom stereocenters. The summed E-state index contributed by atoms with van der Waals surface area (Å²) in [4.78, 5) is 9.37. The Morgan fingerprint density at radius 3 is 2.76 bits per heavy atom. The Hall–Kier alpha value is -0.680. The molecule has 0 aromatic carbocycles. The van der Waals surface area contributed by atoms with Gasteiger partial charge in [0, 0.05) is 6.61 Å². The van der Waals surface area contributed by atoms with Crippen LogP contribution in [0.2, 0.25) is 0 Å². The molecule has 2 rings (SSSR count). The highest BCUT2D eigenvalue weighted by Gasteiger charge is 2.40. The molecule has 5 heteroatoms. The van der Waals surface area contributed by atoms with Gasteiger partial charge in [-0.2, -0.15) is 0 Å². The van der Waals surface area contributed by atoms with Crippen molar-refractivity contribution < 1.29 is 4.74 Å². The lowest BCUT2D eigenvalue weighted by atomic mass is 9.78. The molecule has 2 atom stereocenters. The van der Waals surface area contributed by atoms with E-state index in [0.717, 1.165) is 48.1 Å². The Kier molecular flexibility index (Phi) is 5.60. The van der Waals surface area contributed by atoms with Crippen molar-refractivity contribution >= 4 is 21.7 Å². The molecule has 4 nitrogen and oxygen atoms in total. The number of halogens is 1. The fourth-order valence-corrected chi connectivity index (χ4v) is 3.67. The summed E-state index contributed by atoms with van der Waals surface area (Å²) < 4.78 is 7.00. The first kappa shape index (κ1) is 16.7. The Labute approximate surface area is 136 Å². The van der Waals surface area contributed by atoms with Crippen LogP contribution >= 0.6 is 15.9 Å². The smallest absolute Gasteiger partial charge is 0.162 e. The molecule has 2 N–H and O–H groups in total. The highest BCUT2D eigenvalue weighted by Crippen LogP contribution is 2.42. The lowest BCUT2D eigenvalue weighted by Crippen LogP contribution is -2.37. The Balaban J connectivity index is 2.44. The molecule has 0 saturated heterocycles. The maximum atomic E-state index is 6.16. The van der Waals surface area contributed by atoms with E-state index < -0.39 is 0 Å². The van der Waals surface area contributed by atoms with Crippen LogP contribution in [-0.4, -0.2) is 16.6 Å². The van der Waals surface area contributed by atoms with Gasteiger partial charge in [-0.25, -0.2) is 9.97 Å². The van der Waals surface area contributed by atoms with Crippen LogP contribution in [0.25, 0.3) is 0 Å². The van der Waals surface area contributed by atoms with Gasteiger partial charge in [0.05, 0.1) is 10.2 Å². The van der Waals surface area contributed by atoms with Gasteiger partial charge in [0.2, 0.25) is 0 Å². The standard InChI is InChI=1S/C16H26BrN3O/c1-4-7-12-13(17)14(18)20-15(19-12)16(21-5-2)9-6-8-11(3)10-16/h11H,4-10H2,1-3H3,(H2,18,19,20). The maximum Gasteiger partial charge on any atom is 0.162 e. The summed E-state index contributed by atoms with van der Waals surface area (Å²) in [6, 6.07) is 0. The van der Waals surface area contributed by atoms with Crippen molar-refractivity contribution in [3.05, 3.63) is 16.0 Å². The van der Waals surface area contributed by atoms with Crippen molar-refractivity contribution in [3.63, 3.8) is 0 Å². The van der Waals surface area contributed by atoms with Crippen LogP contribution in [-0.2, 0) is 16.8 Å². The highest BCUT2D eigenvalue weighted by molar-refractivity contribution is 9.10. The Morgan fingerprint density at radius 2 is 2.14 bits per heavy atom. The molecule has 0 aliphatic heterocycles. The van der Waals surface area contributed by atoms with Crippen molar-refractivity contribution in [1.82, 2.24) is 9.97 Å². The number of hydrogen-bond donors (Lipinski definition) is 1. The third kappa shape index (κ3) is 3.57. The van der Waals surface area contributed by atoms with Gasteiger partial charge in [-0.3, -0.25) is 0 Å². The predicted octanol–water partition coefficient (Wildman–Crippen LogP) is 4.22. The fourth-order valence-electron chi connectivity index (χ4n) is 3.30. The summed E-state index contributed by atoms with van der Waals surface area (Å²) in [5.74, 6) is 1.94. The van der Waals surface area contributed by atoms with Crippen LogP contribution < -0.4 is 5.73 Å². The molecule has 0 bridgehead atoms. The van der Waals surface area contributed by atoms with E-state index in [2.05, 4.69) is 34.8 Å². The molecule has 1 fully saturated rings. The molecule has 1 aromatic heterocycles. The first-order chi connectivity index (χ1) is 10.0. The van der Waals surface area contributed by atoms with Crippen LogP contribution in [0.5, 0.6) is 0 Å². The summed E-state index contributed by atoms with van der Waals surface area (Å²) >= 11 is 3.52. The SMILES string of the molecule is CCCc1nc(C2(OCC)CCCC(C)C2)nc(N)c1Br. The topological polar surface area (TPSA) is 61.0 Å². The maximum absolute atomic E-state index is 6.16. The molecule has 0 amide bonds. The quantitative estimate of drug-likeness (QED) is 0.858. The Bertz CT molecular complexity index is 491. The van der Waals surface area contributed by atoms with Crippen molar-refractivity contribution in [1.29, 1.82) is 0 Å². The molecule has 1 heterocycles. The van der Waals surface area contributed by atoms with Crippen molar-refractivity contribution in [2.24, 2.45) is 5.92 Å². The second-order valence-corrected chi connectivity index (χ2v) is 6.86. The minimum absolute atomic E-state index is 0.357. The lowest BCUT2D eigenvalue weighted by molar-refractivity contribution is -0.0881. The largest absolute Gasteiger partial charge is 0.383 e. The van der Waals surface area contributed by atoms with Gasteiger partial charge in [0.15, 0.2) is 5.82 Å². The monoisotopic (exact) mass is 355 g/mol. The summed E-state index contributed by atoms with van der Waals surface area (Å²) in [7, 11) is 0. The number of rotatable bonds is 5. The number of anilines is 1. The third-order valence-electron chi connectivity index (χ3n) is 4.22. The van der Waals surface area contributed by atoms with Crippen LogP contribution in [0.1, 0.15) is 64.4 Å². The predicted molar refractivity (Wildman–Crippen MR) is 89.1 cm³/mol. The zero-order valence-corrected chi connectivity index (χ0v) is 14.9. The van der Waals surface area contributed by atoms with E-state index >= 15 is 0 Å². The first-order valence-corrected chi connectivity index (χ1v) is 8.78. The zero-order chi connectivity index (χ0) is 15.5. The second kappa shape index (κ2) is 7.05. The van der Waals surface area contributed by atoms with E-state index in [-0.39, 0.29) is 5.60 Å². The van der Waals surface area contributed by atoms with Gasteiger partial charge in [0.25, 0.3) is 0 Å². The van der Waals surface area contributed by atoms with Crippen LogP contribution in [0.4, 0.5) is 5.82 Å². The van der Waals surface area contributed by atoms with E-state index in [1.54, 1.807) is 0 Å². The van der Waals surface area contributed by atoms with Gasteiger partial charge in [-0.15, -0.1) is 0 Å². The number of hydrogen-bond acceptors (Lipinski definition) is 4. The molecule has 0 radical (unpaired) electrons. The van der Waals surface area contributed by atoms with Crippen molar-refractivity contribution in [3.8, 4) is 0 Å². The average Bonchev–Trinajstić information content (AvgIpc) is 2.44. The van der Waals surface area contributed by atoms with Gasteiger partial charge in [-0.1, -0.05) is 26.7 Å². The molecule has 21 heavy (non-hydrogen) atoms. The minimum Gasteiger partial charge on any atom is -0.383 e. The highest BCUT2D eigenvalue weighted by atomic mass is 79.9. The van der Waals surface area contributed by atoms with Crippen molar-refractivity contribution in [2.45, 2.75) is 64.9 Å². The minimum atomic E-state index is -0.357. The van der Waals surface area contributed by atoms with E-state index in [4.69, 9.17) is 15.5 Å². The number of nitrogen functional groups attached to an aromatic ring is 1. The fraction of sp³-hybridized carbons (Fsp3) is 0.750.